The van der Waals surface area contributed by atoms with Crippen LogP contribution in [0.1, 0.15) is 42.5 Å². The highest BCUT2D eigenvalue weighted by molar-refractivity contribution is 5.94. The molecule has 0 aromatic heterocycles. The van der Waals surface area contributed by atoms with Gasteiger partial charge in [0.2, 0.25) is 0 Å². The molecular weight excluding hydrogens is 250 g/mol. The summed E-state index contributed by atoms with van der Waals surface area (Å²) in [5, 5.41) is 2.73. The Morgan fingerprint density at radius 1 is 1.21 bits per heavy atom. The van der Waals surface area contributed by atoms with Crippen LogP contribution >= 0.6 is 0 Å². The fraction of sp³-hybridized carbons (Fsp3) is 0.500. The van der Waals surface area contributed by atoms with Crippen molar-refractivity contribution in [2.24, 2.45) is 5.92 Å². The minimum Gasteiger partial charge on any atom is -0.394 e. The summed E-state index contributed by atoms with van der Waals surface area (Å²) in [6.07, 6.45) is 5.83. The largest absolute Gasteiger partial charge is 0.394 e. The summed E-state index contributed by atoms with van der Waals surface area (Å²) >= 11 is 0. The molecular formula is C14H18F2N2O. The highest BCUT2D eigenvalue weighted by Crippen LogP contribution is 2.23. The topological polar surface area (TPSA) is 55.1 Å². The third-order valence-corrected chi connectivity index (χ3v) is 3.62. The van der Waals surface area contributed by atoms with Gasteiger partial charge in [0.15, 0.2) is 0 Å². The standard InChI is InChI=1S/C14H18F2N2O/c15-11-6-10(7-12(16)13(11)17)14(19)18-8-9-4-2-1-3-5-9/h6-7,9H,1-5,8,17H2,(H,18,19). The summed E-state index contributed by atoms with van der Waals surface area (Å²) in [5.41, 5.74) is 4.58. The van der Waals surface area contributed by atoms with E-state index < -0.39 is 23.2 Å². The predicted octanol–water partition coefficient (Wildman–Crippen LogP) is 2.86. The van der Waals surface area contributed by atoms with Crippen molar-refractivity contribution in [2.45, 2.75) is 32.1 Å². The lowest BCUT2D eigenvalue weighted by Crippen LogP contribution is -2.30. The second-order valence-corrected chi connectivity index (χ2v) is 5.07. The summed E-state index contributed by atoms with van der Waals surface area (Å²) in [5.74, 6) is -1.78. The number of nitrogens with one attached hydrogen (secondary N) is 1. The number of hydrogen-bond donors (Lipinski definition) is 2. The number of nitrogens with two attached hydrogens (primary N) is 1. The van der Waals surface area contributed by atoms with Crippen LogP contribution in [0.4, 0.5) is 14.5 Å². The molecule has 104 valence electrons. The molecule has 1 aliphatic rings. The third kappa shape index (κ3) is 3.43. The molecule has 2 rings (SSSR count). The SMILES string of the molecule is Nc1c(F)cc(C(=O)NCC2CCCCC2)cc1F. The average Bonchev–Trinajstić information content (AvgIpc) is 2.42. The maximum absolute atomic E-state index is 13.3. The number of hydrogen-bond acceptors (Lipinski definition) is 2. The lowest BCUT2D eigenvalue weighted by molar-refractivity contribution is 0.0942. The number of benzene rings is 1. The van der Waals surface area contributed by atoms with Crippen molar-refractivity contribution >= 4 is 11.6 Å². The van der Waals surface area contributed by atoms with Crippen LogP contribution in [0.15, 0.2) is 12.1 Å². The number of carbonyl (C=O) groups is 1. The molecule has 5 heteroatoms. The fourth-order valence-electron chi connectivity index (χ4n) is 2.45. The summed E-state index contributed by atoms with van der Waals surface area (Å²) in [7, 11) is 0. The zero-order valence-corrected chi connectivity index (χ0v) is 10.7. The minimum atomic E-state index is -0.900. The quantitative estimate of drug-likeness (QED) is 0.828. The van der Waals surface area contributed by atoms with Gasteiger partial charge in [-0.3, -0.25) is 4.79 Å². The van der Waals surface area contributed by atoms with Gasteiger partial charge in [-0.05, 0) is 30.9 Å². The van der Waals surface area contributed by atoms with Crippen LogP contribution in [0.2, 0.25) is 0 Å². The average molecular weight is 268 g/mol. The van der Waals surface area contributed by atoms with Crippen LogP contribution in [0, 0.1) is 17.6 Å². The predicted molar refractivity (Wildman–Crippen MR) is 69.7 cm³/mol. The van der Waals surface area contributed by atoms with Gasteiger partial charge >= 0.3 is 0 Å². The van der Waals surface area contributed by atoms with Crippen molar-refractivity contribution in [1.82, 2.24) is 5.32 Å². The Labute approximate surface area is 111 Å². The van der Waals surface area contributed by atoms with E-state index in [2.05, 4.69) is 5.32 Å². The summed E-state index contributed by atoms with van der Waals surface area (Å²) < 4.78 is 26.5. The number of anilines is 1. The molecule has 0 bridgehead atoms. The zero-order valence-electron chi connectivity index (χ0n) is 10.7. The first-order valence-corrected chi connectivity index (χ1v) is 6.60. The lowest BCUT2D eigenvalue weighted by Gasteiger charge is -2.21. The van der Waals surface area contributed by atoms with Gasteiger partial charge in [0.25, 0.3) is 5.91 Å². The Balaban J connectivity index is 1.96. The lowest BCUT2D eigenvalue weighted by atomic mass is 9.89. The Morgan fingerprint density at radius 3 is 2.37 bits per heavy atom. The molecule has 1 aliphatic carbocycles. The van der Waals surface area contributed by atoms with Gasteiger partial charge in [-0.2, -0.15) is 0 Å². The van der Waals surface area contributed by atoms with Crippen LogP contribution in [-0.4, -0.2) is 12.5 Å². The highest BCUT2D eigenvalue weighted by Gasteiger charge is 2.16. The maximum atomic E-state index is 13.3. The Kier molecular flexibility index (Phi) is 4.35. The van der Waals surface area contributed by atoms with Crippen molar-refractivity contribution in [1.29, 1.82) is 0 Å². The Hall–Kier alpha value is -1.65. The molecule has 0 saturated heterocycles. The van der Waals surface area contributed by atoms with Crippen LogP contribution in [0.3, 0.4) is 0 Å². The van der Waals surface area contributed by atoms with Crippen LogP contribution in [-0.2, 0) is 0 Å². The van der Waals surface area contributed by atoms with Crippen LogP contribution < -0.4 is 11.1 Å². The zero-order chi connectivity index (χ0) is 13.8. The molecule has 1 fully saturated rings. The Morgan fingerprint density at radius 2 is 1.79 bits per heavy atom. The fourth-order valence-corrected chi connectivity index (χ4v) is 2.45. The van der Waals surface area contributed by atoms with Gasteiger partial charge in [0.1, 0.15) is 17.3 Å². The van der Waals surface area contributed by atoms with Gasteiger partial charge in [-0.15, -0.1) is 0 Å². The summed E-state index contributed by atoms with van der Waals surface area (Å²) in [6, 6.07) is 1.93. The molecule has 1 aromatic carbocycles. The highest BCUT2D eigenvalue weighted by atomic mass is 19.1. The molecule has 0 aliphatic heterocycles. The van der Waals surface area contributed by atoms with Crippen LogP contribution in [0.25, 0.3) is 0 Å². The molecule has 3 N–H and O–H groups in total. The first kappa shape index (κ1) is 13.8. The number of carbonyl (C=O) groups excluding carboxylic acids is 1. The van der Waals surface area contributed by atoms with E-state index in [0.29, 0.717) is 12.5 Å². The van der Waals surface area contributed by atoms with Crippen LogP contribution in [0.5, 0.6) is 0 Å². The first-order chi connectivity index (χ1) is 9.08. The maximum Gasteiger partial charge on any atom is 0.251 e. The van der Waals surface area contributed by atoms with E-state index in [4.69, 9.17) is 5.73 Å². The number of rotatable bonds is 3. The summed E-state index contributed by atoms with van der Waals surface area (Å²) in [6.45, 7) is 0.562. The van der Waals surface area contributed by atoms with Crippen molar-refractivity contribution in [3.8, 4) is 0 Å². The molecule has 1 saturated carbocycles. The molecule has 0 radical (unpaired) electrons. The van der Waals surface area contributed by atoms with Crippen molar-refractivity contribution in [2.75, 3.05) is 12.3 Å². The normalized spacial score (nSPS) is 16.3. The molecule has 3 nitrogen and oxygen atoms in total. The van der Waals surface area contributed by atoms with Crippen molar-refractivity contribution in [3.05, 3.63) is 29.3 Å². The number of amides is 1. The molecule has 1 aromatic rings. The molecule has 19 heavy (non-hydrogen) atoms. The minimum absolute atomic E-state index is 0.0278. The van der Waals surface area contributed by atoms with E-state index in [1.807, 2.05) is 0 Å². The third-order valence-electron chi connectivity index (χ3n) is 3.62. The Bertz CT molecular complexity index is 448. The molecule has 0 spiro atoms. The molecule has 1 amide bonds. The van der Waals surface area contributed by atoms with E-state index in [1.165, 1.54) is 19.3 Å². The van der Waals surface area contributed by atoms with Gasteiger partial charge in [0, 0.05) is 12.1 Å². The molecule has 0 heterocycles. The molecule has 0 unspecified atom stereocenters. The monoisotopic (exact) mass is 268 g/mol. The van der Waals surface area contributed by atoms with Gasteiger partial charge in [-0.25, -0.2) is 8.78 Å². The second kappa shape index (κ2) is 5.99. The van der Waals surface area contributed by atoms with E-state index in [1.54, 1.807) is 0 Å². The van der Waals surface area contributed by atoms with Gasteiger partial charge < -0.3 is 11.1 Å². The van der Waals surface area contributed by atoms with Crippen molar-refractivity contribution in [3.63, 3.8) is 0 Å². The number of halogens is 2. The smallest absolute Gasteiger partial charge is 0.251 e. The molecule has 0 atom stereocenters. The van der Waals surface area contributed by atoms with E-state index in [9.17, 15) is 13.6 Å². The van der Waals surface area contributed by atoms with E-state index in [-0.39, 0.29) is 5.56 Å². The van der Waals surface area contributed by atoms with Gasteiger partial charge in [0.05, 0.1) is 0 Å². The second-order valence-electron chi connectivity index (χ2n) is 5.07. The number of nitrogen functional groups attached to an aromatic ring is 1. The van der Waals surface area contributed by atoms with Crippen molar-refractivity contribution < 1.29 is 13.6 Å². The summed E-state index contributed by atoms with van der Waals surface area (Å²) in [4.78, 5) is 11.8. The first-order valence-electron chi connectivity index (χ1n) is 6.60. The van der Waals surface area contributed by atoms with E-state index in [0.717, 1.165) is 25.0 Å². The van der Waals surface area contributed by atoms with Gasteiger partial charge in [-0.1, -0.05) is 19.3 Å². The van der Waals surface area contributed by atoms with E-state index >= 15 is 0 Å².